The minimum atomic E-state index is -0.849. The molecule has 0 radical (unpaired) electrons. The van der Waals surface area contributed by atoms with E-state index in [1.54, 1.807) is 6.92 Å². The fraction of sp³-hybridized carbons (Fsp3) is 0.857. The van der Waals surface area contributed by atoms with Gasteiger partial charge in [0.1, 0.15) is 0 Å². The minimum absolute atomic E-state index is 0.00481. The Morgan fingerprint density at radius 2 is 1.38 bits per heavy atom. The molecule has 1 saturated heterocycles. The van der Waals surface area contributed by atoms with Crippen molar-refractivity contribution in [2.24, 2.45) is 20.8 Å². The predicted octanol–water partition coefficient (Wildman–Crippen LogP) is 3.14. The van der Waals surface area contributed by atoms with Crippen LogP contribution in [-0.4, -0.2) is 94.8 Å². The first-order valence-electron chi connectivity index (χ1n) is 12.3. The van der Waals surface area contributed by atoms with Gasteiger partial charge in [-0.05, 0) is 29.4 Å². The van der Waals surface area contributed by atoms with Crippen LogP contribution in [0.2, 0.25) is 0 Å². The summed E-state index contributed by atoms with van der Waals surface area (Å²) in [4.78, 5) is 48.3. The monoisotopic (exact) mass is 554 g/mol. The molecule has 1 atom stereocenters. The van der Waals surface area contributed by atoms with E-state index < -0.39 is 29.2 Å². The van der Waals surface area contributed by atoms with Gasteiger partial charge in [0.15, 0.2) is 0 Å². The zero-order valence-corrected chi connectivity index (χ0v) is 21.9. The number of rotatable bonds is 23. The molecule has 18 heteroatoms. The maximum Gasteiger partial charge on any atom is 0.335 e. The van der Waals surface area contributed by atoms with Crippen molar-refractivity contribution >= 4 is 17.8 Å². The third-order valence-corrected chi connectivity index (χ3v) is 5.11. The summed E-state index contributed by atoms with van der Waals surface area (Å²) in [5, 5.41) is 11.0. The van der Waals surface area contributed by atoms with Crippen LogP contribution in [0.15, 0.2) is 15.3 Å². The van der Waals surface area contributed by atoms with Crippen molar-refractivity contribution in [3.8, 4) is 0 Å². The molecule has 0 bridgehead atoms. The van der Waals surface area contributed by atoms with E-state index >= 15 is 0 Å². The lowest BCUT2D eigenvalue weighted by atomic mass is 9.92. The fourth-order valence-electron chi connectivity index (χ4n) is 3.21. The van der Waals surface area contributed by atoms with E-state index in [-0.39, 0.29) is 85.2 Å². The van der Waals surface area contributed by atoms with Crippen LogP contribution < -0.4 is 0 Å². The van der Waals surface area contributed by atoms with Gasteiger partial charge < -0.3 is 23.8 Å². The van der Waals surface area contributed by atoms with Gasteiger partial charge >= 0.3 is 5.97 Å². The summed E-state index contributed by atoms with van der Waals surface area (Å²) in [5.41, 5.74) is 24.6. The van der Waals surface area contributed by atoms with E-state index in [1.807, 2.05) is 0 Å². The molecule has 1 aliphatic heterocycles. The number of carbonyl (C=O) groups is 3. The van der Waals surface area contributed by atoms with Gasteiger partial charge in [0.05, 0.1) is 57.5 Å². The van der Waals surface area contributed by atoms with Crippen molar-refractivity contribution in [2.45, 2.75) is 45.1 Å². The van der Waals surface area contributed by atoms with Crippen LogP contribution in [0, 0.1) is 5.41 Å². The largest absolute Gasteiger partial charge is 0.381 e. The van der Waals surface area contributed by atoms with Gasteiger partial charge in [-0.25, -0.2) is 4.79 Å². The molecule has 1 unspecified atom stereocenters. The quantitative estimate of drug-likeness (QED) is 0.0594. The normalized spacial score (nSPS) is 15.1. The molecule has 216 valence electrons. The highest BCUT2D eigenvalue weighted by atomic mass is 16.7. The highest BCUT2D eigenvalue weighted by Gasteiger charge is 2.34. The lowest BCUT2D eigenvalue weighted by molar-refractivity contribution is -0.198. The molecule has 0 aromatic heterocycles. The van der Waals surface area contributed by atoms with Crippen LogP contribution in [0.25, 0.3) is 31.3 Å². The molecule has 0 spiro atoms. The molecule has 1 aliphatic rings. The van der Waals surface area contributed by atoms with Gasteiger partial charge in [0.2, 0.25) is 0 Å². The molecule has 2 amide bonds. The Balaban J connectivity index is 2.77. The first-order chi connectivity index (χ1) is 18.9. The van der Waals surface area contributed by atoms with E-state index in [0.29, 0.717) is 17.9 Å². The zero-order valence-electron chi connectivity index (χ0n) is 21.9. The summed E-state index contributed by atoms with van der Waals surface area (Å²) in [6.45, 7) is 3.21. The molecule has 0 aromatic carbocycles. The van der Waals surface area contributed by atoms with Crippen LogP contribution in [0.5, 0.6) is 0 Å². The number of nitrogens with zero attached hydrogens (tertiary/aromatic N) is 10. The number of hydrogen-bond donors (Lipinski definition) is 0. The molecule has 0 aromatic rings. The number of imide groups is 1. The number of azide groups is 3. The first-order valence-corrected chi connectivity index (χ1v) is 12.3. The van der Waals surface area contributed by atoms with Gasteiger partial charge in [-0.15, -0.1) is 5.06 Å². The van der Waals surface area contributed by atoms with Gasteiger partial charge in [-0.3, -0.25) is 9.59 Å². The van der Waals surface area contributed by atoms with Crippen LogP contribution in [0.4, 0.5) is 0 Å². The fourth-order valence-corrected chi connectivity index (χ4v) is 3.21. The zero-order chi connectivity index (χ0) is 28.8. The molecule has 0 N–H and O–H groups in total. The molecule has 0 saturated carbocycles. The third-order valence-electron chi connectivity index (χ3n) is 5.11. The second kappa shape index (κ2) is 20.4. The number of hydrogen-bond acceptors (Lipinski definition) is 11. The number of ether oxygens (including phenoxy) is 4. The van der Waals surface area contributed by atoms with Crippen molar-refractivity contribution in [3.63, 3.8) is 0 Å². The van der Waals surface area contributed by atoms with Crippen LogP contribution in [0.1, 0.15) is 39.0 Å². The van der Waals surface area contributed by atoms with Crippen LogP contribution in [-0.2, 0) is 38.2 Å². The molecule has 39 heavy (non-hydrogen) atoms. The molecular weight excluding hydrogens is 520 g/mol. The van der Waals surface area contributed by atoms with Crippen molar-refractivity contribution in [3.05, 3.63) is 31.3 Å². The predicted molar refractivity (Wildman–Crippen MR) is 133 cm³/mol. The van der Waals surface area contributed by atoms with Crippen molar-refractivity contribution in [2.75, 3.05) is 65.9 Å². The van der Waals surface area contributed by atoms with Crippen LogP contribution in [0.3, 0.4) is 0 Å². The topological polar surface area (TPSA) is 247 Å². The lowest BCUT2D eigenvalue weighted by Crippen LogP contribution is -2.42. The number of carbonyl (C=O) groups excluding carboxylic acids is 3. The second-order valence-electron chi connectivity index (χ2n) is 8.64. The first kappa shape index (κ1) is 33.4. The number of hydroxylamine groups is 2. The Kier molecular flexibility index (Phi) is 17.4. The van der Waals surface area contributed by atoms with Crippen molar-refractivity contribution in [1.29, 1.82) is 0 Å². The SMILES string of the molecule is CC(COCC(COCCCN=[N+]=[N-])(COCCCN=[N+]=[N-])COCCC(=O)ON1C(=O)CCC1=O)N=[N+]=[N-]. The van der Waals surface area contributed by atoms with E-state index in [0.717, 1.165) is 0 Å². The van der Waals surface area contributed by atoms with Crippen molar-refractivity contribution < 1.29 is 38.2 Å². The highest BCUT2D eigenvalue weighted by molar-refractivity contribution is 6.01. The third kappa shape index (κ3) is 14.8. The van der Waals surface area contributed by atoms with E-state index in [1.165, 1.54) is 0 Å². The molecule has 18 nitrogen and oxygen atoms in total. The molecule has 1 fully saturated rings. The second-order valence-corrected chi connectivity index (χ2v) is 8.64. The maximum absolute atomic E-state index is 12.1. The summed E-state index contributed by atoms with van der Waals surface area (Å²) in [6, 6.07) is -0.422. The summed E-state index contributed by atoms with van der Waals surface area (Å²) in [5.74, 6) is -1.95. The van der Waals surface area contributed by atoms with Gasteiger partial charge in [-0.2, -0.15) is 0 Å². The Labute approximate surface area is 224 Å². The Hall–Kier alpha value is -3.62. The van der Waals surface area contributed by atoms with Crippen molar-refractivity contribution in [1.82, 2.24) is 5.06 Å². The Morgan fingerprint density at radius 3 is 1.90 bits per heavy atom. The molecular formula is C21H34N10O8. The summed E-state index contributed by atoms with van der Waals surface area (Å²) in [7, 11) is 0. The molecule has 1 heterocycles. The average molecular weight is 555 g/mol. The smallest absolute Gasteiger partial charge is 0.335 e. The van der Waals surface area contributed by atoms with Gasteiger partial charge in [0, 0.05) is 53.9 Å². The number of amides is 2. The van der Waals surface area contributed by atoms with E-state index in [9.17, 15) is 14.4 Å². The van der Waals surface area contributed by atoms with Crippen LogP contribution >= 0.6 is 0 Å². The standard InChI is InChI=1S/C21H34N10O8/c1-17(27-30-24)12-38-16-21(13-35-9-2-7-25-28-22,14-36-10-3-8-26-29-23)15-37-11-6-20(34)39-31-18(32)4-5-19(31)33/h17H,2-16H2,1H3. The van der Waals surface area contributed by atoms with Gasteiger partial charge in [0.25, 0.3) is 11.8 Å². The van der Waals surface area contributed by atoms with E-state index in [4.69, 9.17) is 40.4 Å². The maximum atomic E-state index is 12.1. The van der Waals surface area contributed by atoms with E-state index in [2.05, 4.69) is 30.1 Å². The summed E-state index contributed by atoms with van der Waals surface area (Å²) < 4.78 is 23.1. The average Bonchev–Trinajstić information content (AvgIpc) is 3.22. The summed E-state index contributed by atoms with van der Waals surface area (Å²) >= 11 is 0. The Bertz CT molecular complexity index is 888. The lowest BCUT2D eigenvalue weighted by Gasteiger charge is -2.33. The molecule has 0 aliphatic carbocycles. The molecule has 1 rings (SSSR count). The van der Waals surface area contributed by atoms with Gasteiger partial charge in [-0.1, -0.05) is 22.3 Å². The highest BCUT2D eigenvalue weighted by Crippen LogP contribution is 2.22. The Morgan fingerprint density at radius 1 is 0.872 bits per heavy atom. The summed E-state index contributed by atoms with van der Waals surface area (Å²) in [6.07, 6.45) is 0.747. The minimum Gasteiger partial charge on any atom is -0.381 e.